The first kappa shape index (κ1) is 13.4. The van der Waals surface area contributed by atoms with Gasteiger partial charge in [-0.1, -0.05) is 67.2 Å². The first-order chi connectivity index (χ1) is 9.42. The molecule has 0 aliphatic heterocycles. The molecule has 0 bridgehead atoms. The molecule has 0 saturated heterocycles. The molecular formula is C17H18O2. The smallest absolute Gasteiger partial charge is 0.111 e. The van der Waals surface area contributed by atoms with Crippen molar-refractivity contribution >= 4 is 0 Å². The van der Waals surface area contributed by atoms with Gasteiger partial charge in [-0.15, -0.1) is 0 Å². The highest BCUT2D eigenvalue weighted by Crippen LogP contribution is 2.25. The monoisotopic (exact) mass is 254 g/mol. The van der Waals surface area contributed by atoms with Crippen molar-refractivity contribution in [3.63, 3.8) is 0 Å². The molecule has 0 N–H and O–H groups in total. The van der Waals surface area contributed by atoms with Crippen LogP contribution < -0.4 is 0 Å². The van der Waals surface area contributed by atoms with Crippen molar-refractivity contribution in [1.29, 1.82) is 0 Å². The fraction of sp³-hybridized carbons (Fsp3) is 0.176. The number of hydrogen-bond acceptors (Lipinski definition) is 2. The van der Waals surface area contributed by atoms with Crippen molar-refractivity contribution in [2.75, 3.05) is 13.2 Å². The van der Waals surface area contributed by atoms with Crippen LogP contribution in [-0.4, -0.2) is 13.2 Å². The van der Waals surface area contributed by atoms with E-state index in [0.717, 1.165) is 11.1 Å². The minimum Gasteiger partial charge on any atom is -0.499 e. The molecule has 0 spiro atoms. The van der Waals surface area contributed by atoms with Crippen LogP contribution in [0, 0.1) is 0 Å². The van der Waals surface area contributed by atoms with Crippen molar-refractivity contribution in [1.82, 2.24) is 0 Å². The molecule has 0 saturated carbocycles. The molecule has 0 aliphatic carbocycles. The van der Waals surface area contributed by atoms with E-state index in [1.807, 2.05) is 36.4 Å². The van der Waals surface area contributed by atoms with Crippen molar-refractivity contribution < 1.29 is 9.47 Å². The third-order valence-corrected chi connectivity index (χ3v) is 2.81. The zero-order valence-corrected chi connectivity index (χ0v) is 10.9. The van der Waals surface area contributed by atoms with Gasteiger partial charge in [0.2, 0.25) is 0 Å². The molecule has 0 atom stereocenters. The number of benzene rings is 2. The largest absolute Gasteiger partial charge is 0.499 e. The van der Waals surface area contributed by atoms with Crippen LogP contribution in [0.4, 0.5) is 0 Å². The van der Waals surface area contributed by atoms with E-state index in [2.05, 4.69) is 30.8 Å². The quantitative estimate of drug-likeness (QED) is 0.550. The summed E-state index contributed by atoms with van der Waals surface area (Å²) < 4.78 is 11.0. The Morgan fingerprint density at radius 1 is 0.842 bits per heavy atom. The molecule has 0 fully saturated rings. The van der Waals surface area contributed by atoms with E-state index < -0.39 is 0 Å². The van der Waals surface area contributed by atoms with E-state index in [0.29, 0.717) is 13.2 Å². The van der Waals surface area contributed by atoms with Crippen LogP contribution in [0.2, 0.25) is 0 Å². The first-order valence-electron chi connectivity index (χ1n) is 6.36. The molecular weight excluding hydrogens is 236 g/mol. The predicted octanol–water partition coefficient (Wildman–Crippen LogP) is 3.95. The molecule has 2 nitrogen and oxygen atoms in total. The van der Waals surface area contributed by atoms with Crippen LogP contribution in [0.25, 0.3) is 0 Å². The Labute approximate surface area is 114 Å². The van der Waals surface area contributed by atoms with Crippen molar-refractivity contribution in [3.05, 3.63) is 84.6 Å². The summed E-state index contributed by atoms with van der Waals surface area (Å²) in [4.78, 5) is 0. The van der Waals surface area contributed by atoms with Crippen LogP contribution in [0.5, 0.6) is 0 Å². The summed E-state index contributed by atoms with van der Waals surface area (Å²) in [5.41, 5.74) is 2.29. The molecule has 2 aromatic carbocycles. The molecule has 0 aliphatic rings. The maximum absolute atomic E-state index is 5.94. The van der Waals surface area contributed by atoms with Crippen molar-refractivity contribution in [2.24, 2.45) is 0 Å². The standard InChI is InChI=1S/C17H18O2/c1-2-18-13-14-19-17(15-9-5-3-6-10-15)16-11-7-4-8-12-16/h2-12,17H,1,13-14H2. The predicted molar refractivity (Wildman–Crippen MR) is 76.8 cm³/mol. The van der Waals surface area contributed by atoms with Gasteiger partial charge in [0, 0.05) is 0 Å². The van der Waals surface area contributed by atoms with Gasteiger partial charge >= 0.3 is 0 Å². The van der Waals surface area contributed by atoms with Gasteiger partial charge in [0.25, 0.3) is 0 Å². The van der Waals surface area contributed by atoms with E-state index in [-0.39, 0.29) is 6.10 Å². The van der Waals surface area contributed by atoms with Gasteiger partial charge < -0.3 is 9.47 Å². The van der Waals surface area contributed by atoms with E-state index in [4.69, 9.17) is 9.47 Å². The number of ether oxygens (including phenoxy) is 2. The van der Waals surface area contributed by atoms with Gasteiger partial charge in [0.15, 0.2) is 0 Å². The molecule has 0 amide bonds. The van der Waals surface area contributed by atoms with Crippen molar-refractivity contribution in [2.45, 2.75) is 6.10 Å². The lowest BCUT2D eigenvalue weighted by atomic mass is 10.0. The highest BCUT2D eigenvalue weighted by molar-refractivity contribution is 5.29. The average Bonchev–Trinajstić information content (AvgIpc) is 2.49. The van der Waals surface area contributed by atoms with Crippen LogP contribution in [0.3, 0.4) is 0 Å². The lowest BCUT2D eigenvalue weighted by Crippen LogP contribution is -2.10. The van der Waals surface area contributed by atoms with Crippen LogP contribution in [0.15, 0.2) is 73.5 Å². The Bertz CT molecular complexity index is 440. The van der Waals surface area contributed by atoms with Gasteiger partial charge in [-0.25, -0.2) is 0 Å². The molecule has 2 aromatic rings. The molecule has 0 unspecified atom stereocenters. The zero-order valence-electron chi connectivity index (χ0n) is 10.9. The fourth-order valence-electron chi connectivity index (χ4n) is 1.94. The number of rotatable bonds is 7. The van der Waals surface area contributed by atoms with Crippen LogP contribution in [0.1, 0.15) is 17.2 Å². The highest BCUT2D eigenvalue weighted by Gasteiger charge is 2.13. The summed E-state index contributed by atoms with van der Waals surface area (Å²) >= 11 is 0. The average molecular weight is 254 g/mol. The van der Waals surface area contributed by atoms with Crippen molar-refractivity contribution in [3.8, 4) is 0 Å². The van der Waals surface area contributed by atoms with E-state index in [1.165, 1.54) is 6.26 Å². The minimum atomic E-state index is -0.0594. The Balaban J connectivity index is 2.12. The molecule has 2 rings (SSSR count). The summed E-state index contributed by atoms with van der Waals surface area (Å²) in [6.07, 6.45) is 1.37. The lowest BCUT2D eigenvalue weighted by molar-refractivity contribution is 0.0455. The third kappa shape index (κ3) is 3.97. The summed E-state index contributed by atoms with van der Waals surface area (Å²) in [5.74, 6) is 0. The zero-order chi connectivity index (χ0) is 13.3. The van der Waals surface area contributed by atoms with Gasteiger partial charge in [-0.2, -0.15) is 0 Å². The summed E-state index contributed by atoms with van der Waals surface area (Å²) in [6, 6.07) is 20.4. The van der Waals surface area contributed by atoms with Crippen LogP contribution >= 0.6 is 0 Å². The van der Waals surface area contributed by atoms with E-state index >= 15 is 0 Å². The SMILES string of the molecule is C=COCCOC(c1ccccc1)c1ccccc1. The van der Waals surface area contributed by atoms with Gasteiger partial charge in [0.05, 0.1) is 12.9 Å². The Morgan fingerprint density at radius 2 is 1.37 bits per heavy atom. The molecule has 0 aromatic heterocycles. The van der Waals surface area contributed by atoms with E-state index in [9.17, 15) is 0 Å². The second-order valence-electron chi connectivity index (χ2n) is 4.11. The van der Waals surface area contributed by atoms with E-state index in [1.54, 1.807) is 0 Å². The third-order valence-electron chi connectivity index (χ3n) is 2.81. The Kier molecular flexibility index (Phi) is 5.20. The van der Waals surface area contributed by atoms with Gasteiger partial charge in [-0.3, -0.25) is 0 Å². The minimum absolute atomic E-state index is 0.0594. The van der Waals surface area contributed by atoms with Gasteiger partial charge in [0.1, 0.15) is 12.7 Å². The van der Waals surface area contributed by atoms with Crippen LogP contribution in [-0.2, 0) is 9.47 Å². The maximum Gasteiger partial charge on any atom is 0.111 e. The summed E-state index contributed by atoms with van der Waals surface area (Å²) in [5, 5.41) is 0. The molecule has 0 radical (unpaired) electrons. The molecule has 2 heteroatoms. The summed E-state index contributed by atoms with van der Waals surface area (Å²) in [7, 11) is 0. The highest BCUT2D eigenvalue weighted by atomic mass is 16.5. The number of hydrogen-bond donors (Lipinski definition) is 0. The maximum atomic E-state index is 5.94. The first-order valence-corrected chi connectivity index (χ1v) is 6.36. The Morgan fingerprint density at radius 3 is 1.84 bits per heavy atom. The second kappa shape index (κ2) is 7.39. The topological polar surface area (TPSA) is 18.5 Å². The second-order valence-corrected chi connectivity index (χ2v) is 4.11. The summed E-state index contributed by atoms with van der Waals surface area (Å²) in [6.45, 7) is 4.56. The molecule has 98 valence electrons. The molecule has 19 heavy (non-hydrogen) atoms. The fourth-order valence-corrected chi connectivity index (χ4v) is 1.94. The molecule has 0 heterocycles. The normalized spacial score (nSPS) is 10.4. The van der Waals surface area contributed by atoms with Gasteiger partial charge in [-0.05, 0) is 11.1 Å². The lowest BCUT2D eigenvalue weighted by Gasteiger charge is -2.18. The Hall–Kier alpha value is -2.06.